The molecule has 22 heavy (non-hydrogen) atoms. The van der Waals surface area contributed by atoms with Crippen LogP contribution in [-0.2, 0) is 6.54 Å². The molecule has 1 aromatic carbocycles. The third kappa shape index (κ3) is 2.80. The lowest BCUT2D eigenvalue weighted by Crippen LogP contribution is -2.13. The molecule has 2 heterocycles. The van der Waals surface area contributed by atoms with Gasteiger partial charge in [-0.1, -0.05) is 6.07 Å². The highest BCUT2D eigenvalue weighted by molar-refractivity contribution is 6.04. The number of anilines is 1. The SMILES string of the molecule is N#CCn1ccc(NC(=O)c2cccc(-n3cnnn3)c2)n1. The van der Waals surface area contributed by atoms with Gasteiger partial charge in [-0.15, -0.1) is 5.10 Å². The van der Waals surface area contributed by atoms with Crippen molar-refractivity contribution >= 4 is 11.7 Å². The molecule has 3 rings (SSSR count). The van der Waals surface area contributed by atoms with Gasteiger partial charge in [0.1, 0.15) is 12.9 Å². The van der Waals surface area contributed by atoms with E-state index in [1.54, 1.807) is 36.5 Å². The summed E-state index contributed by atoms with van der Waals surface area (Å²) in [7, 11) is 0. The first-order valence-electron chi connectivity index (χ1n) is 6.31. The largest absolute Gasteiger partial charge is 0.305 e. The molecule has 0 radical (unpaired) electrons. The van der Waals surface area contributed by atoms with Crippen molar-refractivity contribution < 1.29 is 4.79 Å². The van der Waals surface area contributed by atoms with Crippen molar-refractivity contribution in [2.45, 2.75) is 6.54 Å². The molecule has 3 aromatic rings. The molecule has 0 bridgehead atoms. The lowest BCUT2D eigenvalue weighted by Gasteiger charge is -2.04. The number of hydrogen-bond donors (Lipinski definition) is 1. The highest BCUT2D eigenvalue weighted by Gasteiger charge is 2.09. The van der Waals surface area contributed by atoms with Crippen molar-refractivity contribution in [2.24, 2.45) is 0 Å². The van der Waals surface area contributed by atoms with Gasteiger partial charge in [0.05, 0.1) is 11.8 Å². The predicted octanol–water partition coefficient (Wildman–Crippen LogP) is 0.635. The van der Waals surface area contributed by atoms with E-state index < -0.39 is 0 Å². The molecule has 9 heteroatoms. The number of nitriles is 1. The Morgan fingerprint density at radius 3 is 3.05 bits per heavy atom. The molecule has 0 aliphatic heterocycles. The summed E-state index contributed by atoms with van der Waals surface area (Å²) in [5, 5.41) is 26.2. The second-order valence-electron chi connectivity index (χ2n) is 4.32. The Kier molecular flexibility index (Phi) is 3.57. The fourth-order valence-electron chi connectivity index (χ4n) is 1.85. The molecule has 0 fully saturated rings. The minimum atomic E-state index is -0.308. The zero-order valence-electron chi connectivity index (χ0n) is 11.3. The number of carbonyl (C=O) groups excluding carboxylic acids is 1. The lowest BCUT2D eigenvalue weighted by atomic mass is 10.2. The molecule has 108 valence electrons. The summed E-state index contributed by atoms with van der Waals surface area (Å²) in [6.07, 6.45) is 3.07. The maximum Gasteiger partial charge on any atom is 0.256 e. The van der Waals surface area contributed by atoms with E-state index in [9.17, 15) is 4.79 Å². The molecule has 0 aliphatic carbocycles. The first-order valence-corrected chi connectivity index (χ1v) is 6.31. The monoisotopic (exact) mass is 294 g/mol. The normalized spacial score (nSPS) is 10.1. The van der Waals surface area contributed by atoms with Crippen LogP contribution in [0.15, 0.2) is 42.9 Å². The Balaban J connectivity index is 1.77. The van der Waals surface area contributed by atoms with E-state index in [1.807, 2.05) is 6.07 Å². The van der Waals surface area contributed by atoms with Crippen molar-refractivity contribution in [1.82, 2.24) is 30.0 Å². The van der Waals surface area contributed by atoms with E-state index in [0.717, 1.165) is 0 Å². The zero-order valence-corrected chi connectivity index (χ0v) is 11.3. The van der Waals surface area contributed by atoms with Crippen LogP contribution < -0.4 is 5.32 Å². The van der Waals surface area contributed by atoms with Gasteiger partial charge in [0.2, 0.25) is 0 Å². The zero-order chi connectivity index (χ0) is 15.4. The summed E-state index contributed by atoms with van der Waals surface area (Å²) in [5.74, 6) is 0.0743. The maximum atomic E-state index is 12.2. The van der Waals surface area contributed by atoms with Gasteiger partial charge >= 0.3 is 0 Å². The summed E-state index contributed by atoms with van der Waals surface area (Å²) in [5.41, 5.74) is 1.12. The smallest absolute Gasteiger partial charge is 0.256 e. The third-order valence-electron chi connectivity index (χ3n) is 2.84. The van der Waals surface area contributed by atoms with Gasteiger partial charge in [-0.2, -0.15) is 10.4 Å². The van der Waals surface area contributed by atoms with Crippen LogP contribution in [0.2, 0.25) is 0 Å². The number of nitrogens with one attached hydrogen (secondary N) is 1. The Morgan fingerprint density at radius 2 is 2.27 bits per heavy atom. The molecule has 1 amide bonds. The Labute approximate surface area is 124 Å². The van der Waals surface area contributed by atoms with Crippen LogP contribution >= 0.6 is 0 Å². The van der Waals surface area contributed by atoms with Gasteiger partial charge in [-0.3, -0.25) is 9.48 Å². The number of rotatable bonds is 4. The summed E-state index contributed by atoms with van der Waals surface area (Å²) >= 11 is 0. The average Bonchev–Trinajstić information content (AvgIpc) is 3.20. The van der Waals surface area contributed by atoms with E-state index in [-0.39, 0.29) is 12.5 Å². The van der Waals surface area contributed by atoms with Crippen LogP contribution in [0.1, 0.15) is 10.4 Å². The minimum Gasteiger partial charge on any atom is -0.305 e. The Bertz CT molecular complexity index is 830. The van der Waals surface area contributed by atoms with Gasteiger partial charge < -0.3 is 5.32 Å². The van der Waals surface area contributed by atoms with Crippen molar-refractivity contribution in [3.05, 3.63) is 48.4 Å². The van der Waals surface area contributed by atoms with Crippen molar-refractivity contribution in [3.63, 3.8) is 0 Å². The van der Waals surface area contributed by atoms with Crippen LogP contribution in [0.25, 0.3) is 5.69 Å². The van der Waals surface area contributed by atoms with Gasteiger partial charge in [0, 0.05) is 17.8 Å². The molecule has 0 saturated carbocycles. The molecule has 0 aliphatic rings. The number of benzene rings is 1. The van der Waals surface area contributed by atoms with Crippen LogP contribution in [0.3, 0.4) is 0 Å². The standard InChI is InChI=1S/C13H10N8O/c14-5-7-20-6-4-12(17-20)16-13(22)10-2-1-3-11(8-10)21-9-15-18-19-21/h1-4,6,8-9H,7H2,(H,16,17,22). The number of amides is 1. The molecular formula is C13H10N8O. The van der Waals surface area contributed by atoms with Gasteiger partial charge in [-0.05, 0) is 28.6 Å². The van der Waals surface area contributed by atoms with Crippen molar-refractivity contribution in [3.8, 4) is 11.8 Å². The highest BCUT2D eigenvalue weighted by Crippen LogP contribution is 2.11. The number of carbonyl (C=O) groups is 1. The van der Waals surface area contributed by atoms with Crippen LogP contribution in [-0.4, -0.2) is 35.9 Å². The van der Waals surface area contributed by atoms with Crippen LogP contribution in [0.4, 0.5) is 5.82 Å². The van der Waals surface area contributed by atoms with Crippen molar-refractivity contribution in [1.29, 1.82) is 5.26 Å². The van der Waals surface area contributed by atoms with E-state index in [1.165, 1.54) is 15.7 Å². The number of tetrazole rings is 1. The fraction of sp³-hybridized carbons (Fsp3) is 0.0769. The summed E-state index contributed by atoms with van der Waals surface area (Å²) in [6, 6.07) is 10.5. The van der Waals surface area contributed by atoms with E-state index in [4.69, 9.17) is 5.26 Å². The second kappa shape index (κ2) is 5.84. The first kappa shape index (κ1) is 13.4. The van der Waals surface area contributed by atoms with Gasteiger partial charge in [0.25, 0.3) is 5.91 Å². The van der Waals surface area contributed by atoms with Gasteiger partial charge in [-0.25, -0.2) is 4.68 Å². The molecule has 0 saturated heterocycles. The topological polar surface area (TPSA) is 114 Å². The quantitative estimate of drug-likeness (QED) is 0.755. The van der Waals surface area contributed by atoms with Crippen molar-refractivity contribution in [2.75, 3.05) is 5.32 Å². The number of hydrogen-bond acceptors (Lipinski definition) is 6. The van der Waals surface area contributed by atoms with E-state index in [2.05, 4.69) is 25.9 Å². The summed E-state index contributed by atoms with van der Waals surface area (Å²) in [4.78, 5) is 12.2. The van der Waals surface area contributed by atoms with Crippen LogP contribution in [0.5, 0.6) is 0 Å². The lowest BCUT2D eigenvalue weighted by molar-refractivity contribution is 0.102. The number of aromatic nitrogens is 6. The molecular weight excluding hydrogens is 284 g/mol. The highest BCUT2D eigenvalue weighted by atomic mass is 16.1. The predicted molar refractivity (Wildman–Crippen MR) is 74.9 cm³/mol. The molecule has 0 spiro atoms. The Morgan fingerprint density at radius 1 is 1.36 bits per heavy atom. The maximum absolute atomic E-state index is 12.2. The van der Waals surface area contributed by atoms with Crippen LogP contribution in [0, 0.1) is 11.3 Å². The third-order valence-corrected chi connectivity index (χ3v) is 2.84. The average molecular weight is 294 g/mol. The van der Waals surface area contributed by atoms with E-state index >= 15 is 0 Å². The summed E-state index contributed by atoms with van der Waals surface area (Å²) < 4.78 is 2.89. The fourth-order valence-corrected chi connectivity index (χ4v) is 1.85. The molecule has 9 nitrogen and oxygen atoms in total. The minimum absolute atomic E-state index is 0.130. The molecule has 0 atom stereocenters. The molecule has 0 unspecified atom stereocenters. The molecule has 2 aromatic heterocycles. The second-order valence-corrected chi connectivity index (χ2v) is 4.32. The number of nitrogens with zero attached hydrogens (tertiary/aromatic N) is 7. The van der Waals surface area contributed by atoms with Gasteiger partial charge in [0.15, 0.2) is 5.82 Å². The summed E-state index contributed by atoms with van der Waals surface area (Å²) in [6.45, 7) is 0.130. The first-order chi connectivity index (χ1) is 10.8. The Hall–Kier alpha value is -3.54. The molecule has 1 N–H and O–H groups in total. The van der Waals surface area contributed by atoms with E-state index in [0.29, 0.717) is 17.1 Å².